The Morgan fingerprint density at radius 1 is 1.24 bits per heavy atom. The minimum absolute atomic E-state index is 0.633. The molecule has 0 bridgehead atoms. The number of hydrogen-bond donors (Lipinski definition) is 1. The van der Waals surface area contributed by atoms with Crippen LogP contribution in [0.5, 0.6) is 5.75 Å². The van der Waals surface area contributed by atoms with Crippen molar-refractivity contribution >= 4 is 12.2 Å². The molecule has 0 atom stereocenters. The smallest absolute Gasteiger partial charge is 0.122 e. The Morgan fingerprint density at radius 3 is 2.65 bits per heavy atom. The second kappa shape index (κ2) is 5.59. The first-order chi connectivity index (χ1) is 8.29. The van der Waals surface area contributed by atoms with Crippen molar-refractivity contribution in [2.45, 2.75) is 13.3 Å². The number of ether oxygens (including phenoxy) is 1. The van der Waals surface area contributed by atoms with E-state index in [9.17, 15) is 0 Å². The monoisotopic (exact) mass is 246 g/mol. The first-order valence-electron chi connectivity index (χ1n) is 5.57. The molecular weight excluding hydrogens is 232 g/mol. The predicted molar refractivity (Wildman–Crippen MR) is 70.6 cm³/mol. The predicted octanol–water partition coefficient (Wildman–Crippen LogP) is 3.59. The minimum Gasteiger partial charge on any atom is -0.494 e. The molecule has 0 spiro atoms. The fourth-order valence-corrected chi connectivity index (χ4v) is 1.64. The number of nitrogens with zero attached hydrogens (tertiary/aromatic N) is 1. The van der Waals surface area contributed by atoms with Gasteiger partial charge in [-0.15, -0.1) is 0 Å². The summed E-state index contributed by atoms with van der Waals surface area (Å²) in [4.78, 5) is 7.16. The van der Waals surface area contributed by atoms with Crippen molar-refractivity contribution in [1.82, 2.24) is 9.97 Å². The zero-order chi connectivity index (χ0) is 12.1. The fraction of sp³-hybridized carbons (Fsp3) is 0.231. The topological polar surface area (TPSA) is 37.9 Å². The van der Waals surface area contributed by atoms with E-state index in [1.54, 1.807) is 12.4 Å². The van der Waals surface area contributed by atoms with Gasteiger partial charge in [-0.25, -0.2) is 0 Å². The van der Waals surface area contributed by atoms with Gasteiger partial charge in [0.2, 0.25) is 0 Å². The first kappa shape index (κ1) is 11.8. The molecule has 0 aliphatic rings. The molecule has 2 aromatic rings. The molecule has 17 heavy (non-hydrogen) atoms. The maximum atomic E-state index is 5.52. The summed E-state index contributed by atoms with van der Waals surface area (Å²) in [5, 5.41) is 0. The highest BCUT2D eigenvalue weighted by Gasteiger charge is 1.99. The van der Waals surface area contributed by atoms with E-state index in [-0.39, 0.29) is 0 Å². The maximum Gasteiger partial charge on any atom is 0.122 e. The molecular formula is C13H14N2OS. The Labute approximate surface area is 105 Å². The van der Waals surface area contributed by atoms with E-state index >= 15 is 0 Å². The third kappa shape index (κ3) is 3.14. The summed E-state index contributed by atoms with van der Waals surface area (Å²) in [6, 6.07) is 7.89. The zero-order valence-electron chi connectivity index (χ0n) is 9.64. The Balaban J connectivity index is 2.20. The normalized spacial score (nSPS) is 10.2. The Hall–Kier alpha value is -1.68. The maximum absolute atomic E-state index is 5.52. The number of aromatic amines is 1. The van der Waals surface area contributed by atoms with Crippen LogP contribution in [0.1, 0.15) is 13.3 Å². The standard InChI is InChI=1S/C13H14N2OS/c1-2-7-16-11-5-3-10(4-6-11)12-8-14-9-13(17)15-12/h3-6,8-9H,2,7H2,1H3,(H,15,17). The highest BCUT2D eigenvalue weighted by molar-refractivity contribution is 7.71. The minimum atomic E-state index is 0.633. The van der Waals surface area contributed by atoms with Crippen molar-refractivity contribution < 1.29 is 4.74 Å². The molecule has 1 heterocycles. The van der Waals surface area contributed by atoms with Crippen molar-refractivity contribution in [2.75, 3.05) is 6.61 Å². The number of benzene rings is 1. The molecule has 3 nitrogen and oxygen atoms in total. The zero-order valence-corrected chi connectivity index (χ0v) is 10.5. The van der Waals surface area contributed by atoms with Gasteiger partial charge in [-0.3, -0.25) is 4.98 Å². The first-order valence-corrected chi connectivity index (χ1v) is 5.98. The van der Waals surface area contributed by atoms with Gasteiger partial charge in [0.05, 0.1) is 24.7 Å². The molecule has 0 saturated heterocycles. The number of hydrogen-bond acceptors (Lipinski definition) is 3. The molecule has 0 saturated carbocycles. The summed E-state index contributed by atoms with van der Waals surface area (Å²) in [5.41, 5.74) is 1.97. The average molecular weight is 246 g/mol. The van der Waals surface area contributed by atoms with E-state index < -0.39 is 0 Å². The summed E-state index contributed by atoms with van der Waals surface area (Å²) in [7, 11) is 0. The SMILES string of the molecule is CCCOc1ccc(-c2cncc(=S)[nH]2)cc1. The van der Waals surface area contributed by atoms with Crippen molar-refractivity contribution in [2.24, 2.45) is 0 Å². The summed E-state index contributed by atoms with van der Waals surface area (Å²) < 4.78 is 6.16. The van der Waals surface area contributed by atoms with Gasteiger partial charge in [-0.2, -0.15) is 0 Å². The van der Waals surface area contributed by atoms with Crippen LogP contribution in [0.25, 0.3) is 11.3 Å². The lowest BCUT2D eigenvalue weighted by Crippen LogP contribution is -1.94. The van der Waals surface area contributed by atoms with Crippen LogP contribution in [0.4, 0.5) is 0 Å². The molecule has 1 aromatic heterocycles. The Kier molecular flexibility index (Phi) is 3.88. The van der Waals surface area contributed by atoms with Crippen LogP contribution in [0.15, 0.2) is 36.7 Å². The van der Waals surface area contributed by atoms with Gasteiger partial charge in [0.1, 0.15) is 10.4 Å². The molecule has 4 heteroatoms. The molecule has 0 unspecified atom stereocenters. The summed E-state index contributed by atoms with van der Waals surface area (Å²) in [6.07, 6.45) is 4.40. The average Bonchev–Trinajstić information content (AvgIpc) is 2.37. The lowest BCUT2D eigenvalue weighted by molar-refractivity contribution is 0.317. The number of aromatic nitrogens is 2. The molecule has 0 radical (unpaired) electrons. The largest absolute Gasteiger partial charge is 0.494 e. The number of nitrogens with one attached hydrogen (secondary N) is 1. The van der Waals surface area contributed by atoms with Crippen LogP contribution >= 0.6 is 12.2 Å². The van der Waals surface area contributed by atoms with Crippen molar-refractivity contribution in [3.63, 3.8) is 0 Å². The van der Waals surface area contributed by atoms with Crippen LogP contribution in [0.2, 0.25) is 0 Å². The van der Waals surface area contributed by atoms with Crippen LogP contribution in [-0.2, 0) is 0 Å². The molecule has 0 aliphatic heterocycles. The molecule has 0 aliphatic carbocycles. The molecule has 0 amide bonds. The van der Waals surface area contributed by atoms with Gasteiger partial charge in [0.15, 0.2) is 0 Å². The second-order valence-electron chi connectivity index (χ2n) is 3.68. The van der Waals surface area contributed by atoms with Crippen LogP contribution in [0, 0.1) is 4.64 Å². The van der Waals surface area contributed by atoms with Gasteiger partial charge >= 0.3 is 0 Å². The third-order valence-corrected chi connectivity index (χ3v) is 2.50. The summed E-state index contributed by atoms with van der Waals surface area (Å²) in [5.74, 6) is 0.887. The quantitative estimate of drug-likeness (QED) is 0.838. The Morgan fingerprint density at radius 2 is 2.00 bits per heavy atom. The van der Waals surface area contributed by atoms with Crippen molar-refractivity contribution in [3.8, 4) is 17.0 Å². The van der Waals surface area contributed by atoms with Crippen molar-refractivity contribution in [1.29, 1.82) is 0 Å². The van der Waals surface area contributed by atoms with Gasteiger partial charge in [-0.05, 0) is 36.2 Å². The molecule has 1 aromatic carbocycles. The molecule has 1 N–H and O–H groups in total. The van der Waals surface area contributed by atoms with Crippen LogP contribution in [-0.4, -0.2) is 16.6 Å². The highest BCUT2D eigenvalue weighted by atomic mass is 32.1. The van der Waals surface area contributed by atoms with Gasteiger partial charge < -0.3 is 9.72 Å². The van der Waals surface area contributed by atoms with E-state index in [2.05, 4.69) is 16.9 Å². The van der Waals surface area contributed by atoms with E-state index in [0.717, 1.165) is 30.0 Å². The third-order valence-electron chi connectivity index (χ3n) is 2.29. The number of H-pyrrole nitrogens is 1. The number of rotatable bonds is 4. The summed E-state index contributed by atoms with van der Waals surface area (Å²) in [6.45, 7) is 2.83. The van der Waals surface area contributed by atoms with Gasteiger partial charge in [-0.1, -0.05) is 19.1 Å². The molecule has 88 valence electrons. The van der Waals surface area contributed by atoms with Gasteiger partial charge in [0.25, 0.3) is 0 Å². The Bertz CT molecular complexity index is 534. The molecule has 0 fully saturated rings. The molecule has 2 rings (SSSR count). The van der Waals surface area contributed by atoms with E-state index in [4.69, 9.17) is 17.0 Å². The second-order valence-corrected chi connectivity index (χ2v) is 4.12. The summed E-state index contributed by atoms with van der Waals surface area (Å²) >= 11 is 5.04. The van der Waals surface area contributed by atoms with Gasteiger partial charge in [0, 0.05) is 0 Å². The van der Waals surface area contributed by atoms with E-state index in [1.807, 2.05) is 24.3 Å². The fourth-order valence-electron chi connectivity index (χ4n) is 1.47. The van der Waals surface area contributed by atoms with Crippen LogP contribution in [0.3, 0.4) is 0 Å². The lowest BCUT2D eigenvalue weighted by Gasteiger charge is -2.05. The van der Waals surface area contributed by atoms with Crippen LogP contribution < -0.4 is 4.74 Å². The lowest BCUT2D eigenvalue weighted by atomic mass is 10.1. The van der Waals surface area contributed by atoms with E-state index in [0.29, 0.717) is 4.64 Å². The van der Waals surface area contributed by atoms with E-state index in [1.165, 1.54) is 0 Å². The highest BCUT2D eigenvalue weighted by Crippen LogP contribution is 2.19. The van der Waals surface area contributed by atoms with Crippen molar-refractivity contribution in [3.05, 3.63) is 41.3 Å².